The minimum Gasteiger partial charge on any atom is -0.507 e. The molecule has 9 heteroatoms. The van der Waals surface area contributed by atoms with E-state index in [1.807, 2.05) is 18.2 Å². The van der Waals surface area contributed by atoms with Crippen molar-refractivity contribution in [3.05, 3.63) is 27.3 Å². The van der Waals surface area contributed by atoms with Crippen molar-refractivity contribution in [1.82, 2.24) is 10.4 Å². The Morgan fingerprint density at radius 3 is 2.46 bits per heavy atom. The van der Waals surface area contributed by atoms with Crippen molar-refractivity contribution in [2.45, 2.75) is 117 Å². The fourth-order valence-electron chi connectivity index (χ4n) is 7.02. The van der Waals surface area contributed by atoms with Gasteiger partial charge in [0.15, 0.2) is 8.32 Å². The smallest absolute Gasteiger partial charge is 0.192 e. The quantitative estimate of drug-likeness (QED) is 0.157. The molecule has 222 valence electrons. The van der Waals surface area contributed by atoms with Gasteiger partial charge >= 0.3 is 0 Å². The highest BCUT2D eigenvalue weighted by Crippen LogP contribution is 2.61. The molecule has 1 heterocycles. The van der Waals surface area contributed by atoms with E-state index in [9.17, 15) is 15.3 Å². The van der Waals surface area contributed by atoms with Crippen molar-refractivity contribution >= 4 is 30.9 Å². The van der Waals surface area contributed by atoms with Gasteiger partial charge in [0.25, 0.3) is 0 Å². The fourth-order valence-corrected chi connectivity index (χ4v) is 8.59. The summed E-state index contributed by atoms with van der Waals surface area (Å²) in [5.74, 6) is 1.63. The maximum absolute atomic E-state index is 11.8. The molecule has 9 atom stereocenters. The van der Waals surface area contributed by atoms with Gasteiger partial charge in [-0.15, -0.1) is 0 Å². The Hall–Kier alpha value is -0.273. The molecule has 4 N–H and O–H groups in total. The van der Waals surface area contributed by atoms with Gasteiger partial charge in [-0.25, -0.2) is 0 Å². The molecular formula is C30H51IN2O5Si. The Balaban J connectivity index is 1.58. The van der Waals surface area contributed by atoms with Crippen LogP contribution in [0.1, 0.15) is 66.9 Å². The number of hydrogen-bond donors (Lipinski definition) is 4. The van der Waals surface area contributed by atoms with Gasteiger partial charge in [0, 0.05) is 17.5 Å². The lowest BCUT2D eigenvalue weighted by atomic mass is 9.44. The molecule has 1 aromatic rings. The third-order valence-electron chi connectivity index (χ3n) is 10.9. The van der Waals surface area contributed by atoms with Crippen LogP contribution < -0.4 is 5.32 Å². The standard InChI is InChI=1S/C30H51IN2O5Si/c1-17-21-13-20(30(21,6)7)14-23(17)32-28(36)26-25(18(2)34)24(16-37-39(8,9)29(3,4)5)38-33(26)15-19-11-10-12-22(31)27(19)35/h10-12,17-18,20-21,23-26,28,32,34-36H,13-16H2,1-9H3/t17-,18-,20?,21+,23-,24-,25+,26-,28?/m0/s1. The largest absolute Gasteiger partial charge is 0.507 e. The van der Waals surface area contributed by atoms with Crippen molar-refractivity contribution < 1.29 is 24.6 Å². The van der Waals surface area contributed by atoms with Crippen molar-refractivity contribution in [3.63, 3.8) is 0 Å². The molecule has 0 spiro atoms. The average molecular weight is 675 g/mol. The van der Waals surface area contributed by atoms with E-state index in [4.69, 9.17) is 9.26 Å². The van der Waals surface area contributed by atoms with Crippen LogP contribution in [-0.2, 0) is 15.8 Å². The first-order valence-corrected chi connectivity index (χ1v) is 18.6. The highest BCUT2D eigenvalue weighted by Gasteiger charge is 2.57. The van der Waals surface area contributed by atoms with Crippen LogP contribution >= 0.6 is 22.6 Å². The van der Waals surface area contributed by atoms with E-state index >= 15 is 0 Å². The Morgan fingerprint density at radius 1 is 1.23 bits per heavy atom. The second-order valence-corrected chi connectivity index (χ2v) is 20.5. The first-order chi connectivity index (χ1) is 18.0. The summed E-state index contributed by atoms with van der Waals surface area (Å²) in [6, 6.07) is 5.37. The van der Waals surface area contributed by atoms with Crippen LogP contribution in [0.4, 0.5) is 0 Å². The van der Waals surface area contributed by atoms with Crippen LogP contribution in [0.2, 0.25) is 18.1 Å². The number of hydroxylamine groups is 2. The lowest BCUT2D eigenvalue weighted by molar-refractivity contribution is -0.194. The third kappa shape index (κ3) is 6.12. The number of benzene rings is 1. The number of phenols is 1. The summed E-state index contributed by atoms with van der Waals surface area (Å²) >= 11 is 2.12. The summed E-state index contributed by atoms with van der Waals surface area (Å²) in [6.45, 7) is 20.5. The van der Waals surface area contributed by atoms with Crippen LogP contribution in [0.15, 0.2) is 18.2 Å². The molecule has 5 rings (SSSR count). The summed E-state index contributed by atoms with van der Waals surface area (Å²) in [5, 5.41) is 39.0. The number of aromatic hydroxyl groups is 1. The molecule has 1 aromatic carbocycles. The maximum atomic E-state index is 11.8. The minimum absolute atomic E-state index is 0.0460. The number of para-hydroxylation sites is 1. The molecule has 3 aliphatic carbocycles. The molecular weight excluding hydrogens is 623 g/mol. The number of rotatable bonds is 9. The maximum Gasteiger partial charge on any atom is 0.192 e. The fraction of sp³-hybridized carbons (Fsp3) is 0.800. The monoisotopic (exact) mass is 674 g/mol. The molecule has 2 unspecified atom stereocenters. The first kappa shape index (κ1) is 31.7. The normalized spacial score (nSPS) is 34.5. The number of fused-ring (bicyclic) bond motifs is 2. The van der Waals surface area contributed by atoms with Crippen LogP contribution in [0.5, 0.6) is 5.75 Å². The van der Waals surface area contributed by atoms with Crippen molar-refractivity contribution in [2.75, 3.05) is 6.61 Å². The lowest BCUT2D eigenvalue weighted by Crippen LogP contribution is -2.63. The molecule has 39 heavy (non-hydrogen) atoms. The molecule has 7 nitrogen and oxygen atoms in total. The van der Waals surface area contributed by atoms with Gasteiger partial charge in [-0.1, -0.05) is 53.7 Å². The van der Waals surface area contributed by atoms with E-state index in [2.05, 4.69) is 82.5 Å². The first-order valence-electron chi connectivity index (χ1n) is 14.6. The SMILES string of the molecule is C[C@@H]1[C@@H](NC(O)[C@@H]2[C@H]([C@H](C)O)[C@H](CO[Si](C)(C)C(C)(C)C)ON2Cc2cccc(I)c2O)CC2C[C@H]1C2(C)C. The van der Waals surface area contributed by atoms with Crippen LogP contribution in [0.25, 0.3) is 0 Å². The summed E-state index contributed by atoms with van der Waals surface area (Å²) in [5.41, 5.74) is 1.09. The third-order valence-corrected chi connectivity index (χ3v) is 16.2. The van der Waals surface area contributed by atoms with E-state index < -0.39 is 32.8 Å². The number of hydrogen-bond acceptors (Lipinski definition) is 7. The second kappa shape index (κ2) is 11.4. The van der Waals surface area contributed by atoms with Crippen molar-refractivity contribution in [3.8, 4) is 5.75 Å². The van der Waals surface area contributed by atoms with E-state index in [0.717, 1.165) is 15.6 Å². The summed E-state index contributed by atoms with van der Waals surface area (Å²) < 4.78 is 7.33. The Bertz CT molecular complexity index is 1020. The van der Waals surface area contributed by atoms with Crippen molar-refractivity contribution in [1.29, 1.82) is 0 Å². The van der Waals surface area contributed by atoms with E-state index in [-0.39, 0.29) is 22.7 Å². The topological polar surface area (TPSA) is 94.4 Å². The number of phenolic OH excluding ortho intramolecular Hbond substituents is 1. The van der Waals surface area contributed by atoms with Crippen molar-refractivity contribution in [2.24, 2.45) is 29.1 Å². The summed E-state index contributed by atoms with van der Waals surface area (Å²) in [6.07, 6.45) is 0.285. The Labute approximate surface area is 250 Å². The van der Waals surface area contributed by atoms with E-state index in [0.29, 0.717) is 36.3 Å². The van der Waals surface area contributed by atoms with E-state index in [1.54, 1.807) is 12.0 Å². The molecule has 0 aromatic heterocycles. The zero-order chi connectivity index (χ0) is 29.1. The van der Waals surface area contributed by atoms with Crippen LogP contribution in [0, 0.1) is 32.7 Å². The predicted octanol–water partition coefficient (Wildman–Crippen LogP) is 5.48. The molecule has 4 aliphatic rings. The van der Waals surface area contributed by atoms with Gasteiger partial charge in [-0.2, -0.15) is 5.06 Å². The zero-order valence-corrected chi connectivity index (χ0v) is 28.4. The van der Waals surface area contributed by atoms with Gasteiger partial charge in [0.2, 0.25) is 0 Å². The summed E-state index contributed by atoms with van der Waals surface area (Å²) in [4.78, 5) is 6.51. The zero-order valence-electron chi connectivity index (χ0n) is 25.2. The predicted molar refractivity (Wildman–Crippen MR) is 165 cm³/mol. The number of nitrogens with one attached hydrogen (secondary N) is 1. The Kier molecular flexibility index (Phi) is 9.28. The number of nitrogens with zero attached hydrogens (tertiary/aromatic N) is 1. The molecule has 2 bridgehead atoms. The van der Waals surface area contributed by atoms with Gasteiger partial charge in [0.05, 0.1) is 28.9 Å². The molecule has 1 saturated heterocycles. The molecule has 0 amide bonds. The highest BCUT2D eigenvalue weighted by molar-refractivity contribution is 14.1. The average Bonchev–Trinajstić information content (AvgIpc) is 3.19. The minimum atomic E-state index is -2.06. The number of halogens is 1. The number of aliphatic hydroxyl groups excluding tert-OH is 2. The lowest BCUT2D eigenvalue weighted by Gasteiger charge is -2.62. The molecule has 1 aliphatic heterocycles. The number of aliphatic hydroxyl groups is 2. The molecule has 4 fully saturated rings. The molecule has 3 saturated carbocycles. The van der Waals surface area contributed by atoms with E-state index in [1.165, 1.54) is 6.42 Å². The van der Waals surface area contributed by atoms with Crippen LogP contribution in [0.3, 0.4) is 0 Å². The van der Waals surface area contributed by atoms with Crippen LogP contribution in [-0.4, -0.2) is 65.8 Å². The Morgan fingerprint density at radius 2 is 1.90 bits per heavy atom. The van der Waals surface area contributed by atoms with Gasteiger partial charge in [-0.3, -0.25) is 10.2 Å². The van der Waals surface area contributed by atoms with Gasteiger partial charge < -0.3 is 19.7 Å². The molecule has 0 radical (unpaired) electrons. The second-order valence-electron chi connectivity index (χ2n) is 14.5. The summed E-state index contributed by atoms with van der Waals surface area (Å²) in [7, 11) is -2.06. The van der Waals surface area contributed by atoms with Gasteiger partial charge in [-0.05, 0) is 89.7 Å². The highest BCUT2D eigenvalue weighted by atomic mass is 127. The van der Waals surface area contributed by atoms with Gasteiger partial charge in [0.1, 0.15) is 18.1 Å².